The van der Waals surface area contributed by atoms with Crippen molar-refractivity contribution in [2.75, 3.05) is 18.5 Å². The Labute approximate surface area is 271 Å². The number of para-hydroxylation sites is 1. The predicted molar refractivity (Wildman–Crippen MR) is 173 cm³/mol. The van der Waals surface area contributed by atoms with Gasteiger partial charge in [0.25, 0.3) is 15.9 Å². The average Bonchev–Trinajstić information content (AvgIpc) is 3.03. The Morgan fingerprint density at radius 1 is 0.848 bits per heavy atom. The van der Waals surface area contributed by atoms with E-state index in [1.54, 1.807) is 54.6 Å². The van der Waals surface area contributed by atoms with Crippen LogP contribution in [0, 0.1) is 0 Å². The summed E-state index contributed by atoms with van der Waals surface area (Å²) in [5.41, 5.74) is 0.442. The van der Waals surface area contributed by atoms with Crippen molar-refractivity contribution in [3.05, 3.63) is 119 Å². The Morgan fingerprint density at radius 2 is 1.48 bits per heavy atom. The standard InChI is InChI=1S/C34H33ClF3N3O4S/c1-3-4-11-22-41(33(43)40(2)30-16-9-7-14-28(30)34(36,37)38)23-24-18-20-25(21-19-24)26-12-6-10-17-31(26)46(44,45)39-32(42)27-13-5-8-15-29(27)35/h5-10,12-21H,3-4,11,22-23H2,1-2H3,(H,39,42). The minimum Gasteiger partial charge on any atom is -0.320 e. The molecule has 1 N–H and O–H groups in total. The number of hydrogen-bond acceptors (Lipinski definition) is 4. The molecule has 0 bridgehead atoms. The lowest BCUT2D eigenvalue weighted by Gasteiger charge is -2.30. The van der Waals surface area contributed by atoms with Gasteiger partial charge >= 0.3 is 12.2 Å². The molecule has 0 saturated heterocycles. The third-order valence-electron chi connectivity index (χ3n) is 7.32. The maximum absolute atomic E-state index is 13.7. The van der Waals surface area contributed by atoms with E-state index in [1.807, 2.05) is 6.92 Å². The third-order valence-corrected chi connectivity index (χ3v) is 9.04. The van der Waals surface area contributed by atoms with Gasteiger partial charge in [-0.2, -0.15) is 13.2 Å². The average molecular weight is 672 g/mol. The highest BCUT2D eigenvalue weighted by molar-refractivity contribution is 7.90. The SMILES string of the molecule is CCCCCN(Cc1ccc(-c2ccccc2S(=O)(=O)NC(=O)c2ccccc2Cl)cc1)C(=O)N(C)c1ccccc1C(F)(F)F. The van der Waals surface area contributed by atoms with Gasteiger partial charge in [0.1, 0.15) is 0 Å². The Bertz CT molecular complexity index is 1800. The lowest BCUT2D eigenvalue weighted by Crippen LogP contribution is -2.42. The van der Waals surface area contributed by atoms with E-state index < -0.39 is 33.7 Å². The van der Waals surface area contributed by atoms with Crippen LogP contribution in [-0.4, -0.2) is 38.8 Å². The largest absolute Gasteiger partial charge is 0.418 e. The molecule has 3 amide bonds. The first-order valence-electron chi connectivity index (χ1n) is 14.5. The van der Waals surface area contributed by atoms with E-state index >= 15 is 0 Å². The molecule has 0 aliphatic heterocycles. The second-order valence-corrected chi connectivity index (χ2v) is 12.7. The molecule has 4 aromatic rings. The number of hydrogen-bond donors (Lipinski definition) is 1. The zero-order valence-electron chi connectivity index (χ0n) is 25.2. The maximum Gasteiger partial charge on any atom is 0.418 e. The van der Waals surface area contributed by atoms with Crippen LogP contribution in [0.15, 0.2) is 102 Å². The van der Waals surface area contributed by atoms with Gasteiger partial charge in [-0.25, -0.2) is 17.9 Å². The van der Waals surface area contributed by atoms with Gasteiger partial charge in [-0.15, -0.1) is 0 Å². The molecule has 46 heavy (non-hydrogen) atoms. The summed E-state index contributed by atoms with van der Waals surface area (Å²) in [4.78, 5) is 28.7. The normalized spacial score (nSPS) is 11.6. The van der Waals surface area contributed by atoms with Gasteiger partial charge in [-0.05, 0) is 47.9 Å². The van der Waals surface area contributed by atoms with Crippen molar-refractivity contribution < 1.29 is 31.2 Å². The van der Waals surface area contributed by atoms with E-state index in [9.17, 15) is 31.2 Å². The number of rotatable bonds is 11. The molecule has 0 unspecified atom stereocenters. The summed E-state index contributed by atoms with van der Waals surface area (Å²) in [5, 5.41) is 0.108. The highest BCUT2D eigenvalue weighted by Gasteiger charge is 2.35. The van der Waals surface area contributed by atoms with Crippen LogP contribution in [0.2, 0.25) is 5.02 Å². The summed E-state index contributed by atoms with van der Waals surface area (Å²) in [5.74, 6) is -0.869. The lowest BCUT2D eigenvalue weighted by atomic mass is 10.0. The summed E-state index contributed by atoms with van der Waals surface area (Å²) in [6.07, 6.45) is -2.23. The Hall–Kier alpha value is -4.35. The van der Waals surface area contributed by atoms with Gasteiger partial charge in [0, 0.05) is 25.7 Å². The van der Waals surface area contributed by atoms with E-state index in [4.69, 9.17) is 11.6 Å². The molecule has 242 valence electrons. The molecule has 0 atom stereocenters. The molecule has 0 aliphatic carbocycles. The fourth-order valence-corrected chi connectivity index (χ4v) is 6.36. The van der Waals surface area contributed by atoms with Gasteiger partial charge in [0.05, 0.1) is 26.7 Å². The maximum atomic E-state index is 13.7. The summed E-state index contributed by atoms with van der Waals surface area (Å²) < 4.78 is 69.8. The number of benzene rings is 4. The first kappa shape index (κ1) is 34.5. The molecule has 0 aliphatic rings. The molecule has 7 nitrogen and oxygen atoms in total. The van der Waals surface area contributed by atoms with Crippen LogP contribution in [0.5, 0.6) is 0 Å². The Balaban J connectivity index is 1.58. The van der Waals surface area contributed by atoms with Gasteiger partial charge in [-0.3, -0.25) is 9.69 Å². The molecule has 0 spiro atoms. The number of carbonyl (C=O) groups is 2. The quantitative estimate of drug-likeness (QED) is 0.162. The Kier molecular flexibility index (Phi) is 11.1. The smallest absolute Gasteiger partial charge is 0.320 e. The van der Waals surface area contributed by atoms with Crippen molar-refractivity contribution >= 4 is 39.2 Å². The minimum absolute atomic E-state index is 0.0140. The molecule has 0 heterocycles. The van der Waals surface area contributed by atoms with Crippen molar-refractivity contribution in [3.63, 3.8) is 0 Å². The molecule has 0 aromatic heterocycles. The number of urea groups is 1. The second-order valence-electron chi connectivity index (χ2n) is 10.6. The van der Waals surface area contributed by atoms with E-state index in [0.717, 1.165) is 23.8 Å². The fraction of sp³-hybridized carbons (Fsp3) is 0.235. The first-order chi connectivity index (χ1) is 21.8. The molecule has 0 radical (unpaired) electrons. The summed E-state index contributed by atoms with van der Waals surface area (Å²) in [6, 6.07) is 23.5. The predicted octanol–water partition coefficient (Wildman–Crippen LogP) is 8.39. The summed E-state index contributed by atoms with van der Waals surface area (Å²) >= 11 is 6.07. The number of carbonyl (C=O) groups excluding carboxylic acids is 2. The highest BCUT2D eigenvalue weighted by Crippen LogP contribution is 2.36. The molecular weight excluding hydrogens is 639 g/mol. The third kappa shape index (κ3) is 8.27. The van der Waals surface area contributed by atoms with Gasteiger partial charge < -0.3 is 4.90 Å². The van der Waals surface area contributed by atoms with E-state index in [1.165, 1.54) is 48.3 Å². The number of nitrogens with zero attached hydrogens (tertiary/aromatic N) is 2. The van der Waals surface area contributed by atoms with Crippen molar-refractivity contribution in [2.45, 2.75) is 43.8 Å². The van der Waals surface area contributed by atoms with E-state index in [0.29, 0.717) is 29.7 Å². The zero-order chi connectivity index (χ0) is 33.5. The monoisotopic (exact) mass is 671 g/mol. The summed E-state index contributed by atoms with van der Waals surface area (Å²) in [6.45, 7) is 2.46. The van der Waals surface area contributed by atoms with Crippen LogP contribution >= 0.6 is 11.6 Å². The highest BCUT2D eigenvalue weighted by atomic mass is 35.5. The summed E-state index contributed by atoms with van der Waals surface area (Å²) in [7, 11) is -2.98. The molecular formula is C34H33ClF3N3O4S. The van der Waals surface area contributed by atoms with Crippen molar-refractivity contribution in [2.24, 2.45) is 0 Å². The minimum atomic E-state index is -4.63. The zero-order valence-corrected chi connectivity index (χ0v) is 26.8. The van der Waals surface area contributed by atoms with Crippen LogP contribution in [0.4, 0.5) is 23.7 Å². The van der Waals surface area contributed by atoms with Crippen LogP contribution in [0.25, 0.3) is 11.1 Å². The number of halogens is 4. The molecule has 12 heteroatoms. The number of anilines is 1. The van der Waals surface area contributed by atoms with Gasteiger partial charge in [0.2, 0.25) is 0 Å². The Morgan fingerprint density at radius 3 is 2.15 bits per heavy atom. The second kappa shape index (κ2) is 14.8. The fourth-order valence-electron chi connectivity index (χ4n) is 4.94. The van der Waals surface area contributed by atoms with Crippen molar-refractivity contribution in [1.82, 2.24) is 9.62 Å². The van der Waals surface area contributed by atoms with Crippen LogP contribution in [0.1, 0.15) is 47.7 Å². The van der Waals surface area contributed by atoms with Crippen molar-refractivity contribution in [1.29, 1.82) is 0 Å². The van der Waals surface area contributed by atoms with Gasteiger partial charge in [-0.1, -0.05) is 98.1 Å². The van der Waals surface area contributed by atoms with Crippen molar-refractivity contribution in [3.8, 4) is 11.1 Å². The van der Waals surface area contributed by atoms with Crippen LogP contribution in [-0.2, 0) is 22.7 Å². The molecule has 0 fully saturated rings. The number of unbranched alkanes of at least 4 members (excludes halogenated alkanes) is 2. The molecule has 0 saturated carbocycles. The van der Waals surface area contributed by atoms with Crippen LogP contribution < -0.4 is 9.62 Å². The number of amides is 3. The van der Waals surface area contributed by atoms with Gasteiger partial charge in [0.15, 0.2) is 0 Å². The van der Waals surface area contributed by atoms with E-state index in [-0.39, 0.29) is 27.7 Å². The molecule has 4 rings (SSSR count). The number of nitrogens with one attached hydrogen (secondary N) is 1. The molecule has 4 aromatic carbocycles. The number of sulfonamides is 1. The van der Waals surface area contributed by atoms with E-state index in [2.05, 4.69) is 4.72 Å². The number of alkyl halides is 3. The first-order valence-corrected chi connectivity index (χ1v) is 16.4. The topological polar surface area (TPSA) is 86.8 Å². The lowest BCUT2D eigenvalue weighted by molar-refractivity contribution is -0.137. The van der Waals surface area contributed by atoms with Crippen LogP contribution in [0.3, 0.4) is 0 Å².